The van der Waals surface area contributed by atoms with Crippen LogP contribution in [0.1, 0.15) is 13.8 Å². The second-order valence-electron chi connectivity index (χ2n) is 2.57. The SMILES string of the molecule is CC1(C)N=CC=[N+]1C(=O)O. The van der Waals surface area contributed by atoms with Crippen LogP contribution in [0.5, 0.6) is 0 Å². The molecule has 0 spiro atoms. The Kier molecular flexibility index (Phi) is 1.31. The number of hydrogen-bond acceptors (Lipinski definition) is 2. The minimum Gasteiger partial charge on any atom is -0.427 e. The van der Waals surface area contributed by atoms with Gasteiger partial charge >= 0.3 is 6.09 Å². The fraction of sp³-hybridized carbons (Fsp3) is 0.500. The summed E-state index contributed by atoms with van der Waals surface area (Å²) in [6.45, 7) is 3.47. The van der Waals surface area contributed by atoms with Crippen LogP contribution in [-0.2, 0) is 0 Å². The third-order valence-corrected chi connectivity index (χ3v) is 1.40. The molecule has 0 radical (unpaired) electrons. The van der Waals surface area contributed by atoms with Crippen molar-refractivity contribution < 1.29 is 14.5 Å². The smallest absolute Gasteiger partial charge is 0.427 e. The molecule has 1 heterocycles. The second-order valence-corrected chi connectivity index (χ2v) is 2.57. The zero-order chi connectivity index (χ0) is 7.78. The third-order valence-electron chi connectivity index (χ3n) is 1.40. The van der Waals surface area contributed by atoms with E-state index in [1.165, 1.54) is 12.4 Å². The van der Waals surface area contributed by atoms with Crippen LogP contribution in [0.4, 0.5) is 4.79 Å². The van der Waals surface area contributed by atoms with Crippen molar-refractivity contribution in [3.63, 3.8) is 0 Å². The standard InChI is InChI=1S/C6H8N2O2/c1-6(2)7-3-4-8(6)5(9)10/h3-4H,1-2H3/p+1. The molecule has 1 aliphatic rings. The zero-order valence-electron chi connectivity index (χ0n) is 5.90. The highest BCUT2D eigenvalue weighted by Gasteiger charge is 2.37. The molecule has 0 aromatic heterocycles. The lowest BCUT2D eigenvalue weighted by molar-refractivity contribution is -0.512. The first-order valence-corrected chi connectivity index (χ1v) is 2.95. The first-order chi connectivity index (χ1) is 4.54. The third kappa shape index (κ3) is 0.920. The summed E-state index contributed by atoms with van der Waals surface area (Å²) in [5.74, 6) is 0. The zero-order valence-corrected chi connectivity index (χ0v) is 5.90. The molecule has 0 fully saturated rings. The molecule has 54 valence electrons. The maximum Gasteiger partial charge on any atom is 0.596 e. The molecule has 0 saturated heterocycles. The molecule has 0 aromatic carbocycles. The van der Waals surface area contributed by atoms with Crippen LogP contribution in [0.3, 0.4) is 0 Å². The highest BCUT2D eigenvalue weighted by atomic mass is 16.4. The van der Waals surface area contributed by atoms with E-state index >= 15 is 0 Å². The molecule has 10 heavy (non-hydrogen) atoms. The molecule has 1 rings (SSSR count). The Hall–Kier alpha value is -1.19. The molecule has 0 aliphatic carbocycles. The van der Waals surface area contributed by atoms with Crippen LogP contribution in [0.15, 0.2) is 4.99 Å². The van der Waals surface area contributed by atoms with Gasteiger partial charge in [0.25, 0.3) is 5.66 Å². The van der Waals surface area contributed by atoms with Gasteiger partial charge < -0.3 is 5.11 Å². The van der Waals surface area contributed by atoms with E-state index in [9.17, 15) is 4.79 Å². The quantitative estimate of drug-likeness (QED) is 0.501. The number of rotatable bonds is 0. The van der Waals surface area contributed by atoms with E-state index in [0.29, 0.717) is 0 Å². The van der Waals surface area contributed by atoms with Gasteiger partial charge in [0, 0.05) is 13.8 Å². The molecule has 4 nitrogen and oxygen atoms in total. The molecule has 0 atom stereocenters. The molecule has 0 aromatic rings. The Morgan fingerprint density at radius 1 is 1.70 bits per heavy atom. The van der Waals surface area contributed by atoms with Crippen LogP contribution in [0, 0.1) is 0 Å². The fourth-order valence-electron chi connectivity index (χ4n) is 0.825. The molecule has 1 N–H and O–H groups in total. The maximum absolute atomic E-state index is 10.4. The van der Waals surface area contributed by atoms with Gasteiger partial charge in [-0.3, -0.25) is 0 Å². The lowest BCUT2D eigenvalue weighted by atomic mass is 10.3. The van der Waals surface area contributed by atoms with Gasteiger partial charge in [-0.25, -0.2) is 4.99 Å². The van der Waals surface area contributed by atoms with Gasteiger partial charge in [-0.15, -0.1) is 4.58 Å². The predicted molar refractivity (Wildman–Crippen MR) is 36.9 cm³/mol. The predicted octanol–water partition coefficient (Wildman–Crippen LogP) is 0.568. The van der Waals surface area contributed by atoms with E-state index in [1.807, 2.05) is 0 Å². The summed E-state index contributed by atoms with van der Waals surface area (Å²) in [4.78, 5) is 14.4. The fourth-order valence-corrected chi connectivity index (χ4v) is 0.825. The number of carbonyl (C=O) groups is 1. The average molecular weight is 141 g/mol. The van der Waals surface area contributed by atoms with Gasteiger partial charge in [-0.05, 0) is 0 Å². The average Bonchev–Trinajstić information content (AvgIpc) is 2.08. The van der Waals surface area contributed by atoms with Gasteiger partial charge in [-0.1, -0.05) is 0 Å². The first-order valence-electron chi connectivity index (χ1n) is 2.95. The molecule has 0 bridgehead atoms. The normalized spacial score (nSPS) is 20.8. The second kappa shape index (κ2) is 1.90. The van der Waals surface area contributed by atoms with Crippen molar-refractivity contribution in [1.29, 1.82) is 0 Å². The van der Waals surface area contributed by atoms with Crippen molar-refractivity contribution in [3.05, 3.63) is 0 Å². The van der Waals surface area contributed by atoms with Crippen LogP contribution < -0.4 is 0 Å². The summed E-state index contributed by atoms with van der Waals surface area (Å²) >= 11 is 0. The summed E-state index contributed by atoms with van der Waals surface area (Å²) in [5.41, 5.74) is -0.619. The molecular weight excluding hydrogens is 132 g/mol. The van der Waals surface area contributed by atoms with E-state index in [4.69, 9.17) is 5.11 Å². The van der Waals surface area contributed by atoms with Crippen LogP contribution >= 0.6 is 0 Å². The topological polar surface area (TPSA) is 52.7 Å². The van der Waals surface area contributed by atoms with Crippen molar-refractivity contribution in [2.45, 2.75) is 19.5 Å². The van der Waals surface area contributed by atoms with Crippen LogP contribution in [0.2, 0.25) is 0 Å². The van der Waals surface area contributed by atoms with E-state index in [2.05, 4.69) is 4.99 Å². The lowest BCUT2D eigenvalue weighted by Crippen LogP contribution is -2.35. The molecule has 0 unspecified atom stereocenters. The summed E-state index contributed by atoms with van der Waals surface area (Å²) in [6, 6.07) is 0. The molecule has 4 heteroatoms. The minimum absolute atomic E-state index is 0.619. The Labute approximate surface area is 58.5 Å². The first kappa shape index (κ1) is 6.92. The van der Waals surface area contributed by atoms with E-state index in [1.54, 1.807) is 13.8 Å². The van der Waals surface area contributed by atoms with Crippen molar-refractivity contribution >= 4 is 18.5 Å². The number of amides is 1. The largest absolute Gasteiger partial charge is 0.596 e. The molecular formula is C6H9N2O2+. The molecule has 1 amide bonds. The number of aliphatic imine (C=N–C) groups is 1. The highest BCUT2D eigenvalue weighted by molar-refractivity contribution is 6.15. The number of nitrogens with zero attached hydrogens (tertiary/aromatic N) is 2. The van der Waals surface area contributed by atoms with Gasteiger partial charge in [0.1, 0.15) is 0 Å². The summed E-state index contributed by atoms with van der Waals surface area (Å²) in [5, 5.41) is 8.56. The monoisotopic (exact) mass is 141 g/mol. The van der Waals surface area contributed by atoms with Gasteiger partial charge in [0.05, 0.1) is 6.21 Å². The minimum atomic E-state index is -0.970. The van der Waals surface area contributed by atoms with Crippen molar-refractivity contribution in [2.75, 3.05) is 0 Å². The Morgan fingerprint density at radius 2 is 2.30 bits per heavy atom. The Balaban J connectivity index is 2.93. The maximum atomic E-state index is 10.4. The summed E-state index contributed by atoms with van der Waals surface area (Å²) in [6.07, 6.45) is 1.97. The van der Waals surface area contributed by atoms with Crippen molar-refractivity contribution in [2.24, 2.45) is 4.99 Å². The number of hydrogen-bond donors (Lipinski definition) is 1. The summed E-state index contributed by atoms with van der Waals surface area (Å²) < 4.78 is 1.16. The van der Waals surface area contributed by atoms with Crippen LogP contribution in [0.25, 0.3) is 0 Å². The van der Waals surface area contributed by atoms with E-state index < -0.39 is 11.8 Å². The van der Waals surface area contributed by atoms with E-state index in [-0.39, 0.29) is 0 Å². The molecule has 1 aliphatic heterocycles. The van der Waals surface area contributed by atoms with Gasteiger partial charge in [0.15, 0.2) is 6.21 Å². The van der Waals surface area contributed by atoms with Crippen molar-refractivity contribution in [3.8, 4) is 0 Å². The van der Waals surface area contributed by atoms with Crippen molar-refractivity contribution in [1.82, 2.24) is 0 Å². The van der Waals surface area contributed by atoms with Gasteiger partial charge in [-0.2, -0.15) is 4.79 Å². The van der Waals surface area contributed by atoms with Gasteiger partial charge in [0.2, 0.25) is 0 Å². The Bertz CT molecular complexity index is 228. The van der Waals surface area contributed by atoms with E-state index in [0.717, 1.165) is 4.58 Å². The lowest BCUT2D eigenvalue weighted by Gasteiger charge is -2.07. The van der Waals surface area contributed by atoms with Crippen LogP contribution in [-0.4, -0.2) is 33.9 Å². The number of carboxylic acid groups (broad SMARTS) is 1. The highest BCUT2D eigenvalue weighted by Crippen LogP contribution is 2.12. The summed E-state index contributed by atoms with van der Waals surface area (Å²) in [7, 11) is 0. The molecule has 0 saturated carbocycles. The Morgan fingerprint density at radius 3 is 2.50 bits per heavy atom.